The zero-order chi connectivity index (χ0) is 33.5. The summed E-state index contributed by atoms with van der Waals surface area (Å²) < 4.78 is 20.6. The van der Waals surface area contributed by atoms with E-state index in [0.717, 1.165) is 37.9 Å². The SMILES string of the molecule is C=C1C[C@@H](O[Si](C)(C)C(C)(C)C)[C@H](CCC(CCCCC)O[Si](C)(C)C(C)(C)C)[C@H]1Cc1cccc(OCc2ccccc2)c1. The summed E-state index contributed by atoms with van der Waals surface area (Å²) in [6.45, 7) is 31.3. The van der Waals surface area contributed by atoms with Crippen LogP contribution in [-0.4, -0.2) is 28.8 Å². The van der Waals surface area contributed by atoms with Gasteiger partial charge in [0.1, 0.15) is 12.4 Å². The van der Waals surface area contributed by atoms with Gasteiger partial charge in [0.25, 0.3) is 0 Å². The summed E-state index contributed by atoms with van der Waals surface area (Å²) in [7, 11) is -3.82. The van der Waals surface area contributed by atoms with Crippen LogP contribution in [-0.2, 0) is 21.9 Å². The van der Waals surface area contributed by atoms with Gasteiger partial charge in [-0.3, -0.25) is 0 Å². The third-order valence-electron chi connectivity index (χ3n) is 11.1. The Balaban J connectivity index is 1.83. The predicted molar refractivity (Wildman–Crippen MR) is 199 cm³/mol. The zero-order valence-corrected chi connectivity index (χ0v) is 32.8. The Morgan fingerprint density at radius 1 is 0.822 bits per heavy atom. The van der Waals surface area contributed by atoms with Crippen molar-refractivity contribution in [1.29, 1.82) is 0 Å². The first kappa shape index (κ1) is 37.8. The van der Waals surface area contributed by atoms with Gasteiger partial charge >= 0.3 is 0 Å². The van der Waals surface area contributed by atoms with E-state index in [0.29, 0.717) is 24.5 Å². The van der Waals surface area contributed by atoms with Crippen LogP contribution in [0.3, 0.4) is 0 Å². The van der Waals surface area contributed by atoms with Crippen molar-refractivity contribution in [3.8, 4) is 5.75 Å². The molecule has 2 aromatic carbocycles. The molecule has 0 aromatic heterocycles. The first-order valence-corrected chi connectivity index (χ1v) is 23.5. The molecule has 0 radical (unpaired) electrons. The topological polar surface area (TPSA) is 27.7 Å². The van der Waals surface area contributed by atoms with E-state index >= 15 is 0 Å². The largest absolute Gasteiger partial charge is 0.489 e. The Bertz CT molecular complexity index is 1190. The Morgan fingerprint density at radius 3 is 2.09 bits per heavy atom. The summed E-state index contributed by atoms with van der Waals surface area (Å²) in [5, 5.41) is 0.386. The standard InChI is InChI=1S/C40H66O3Si2/c1-13-14-16-23-34(42-44(9,10)39(3,4)5)25-26-36-37(31(2)27-38(36)43-45(11,12)40(6,7)8)29-33-22-19-24-35(28-33)41-30-32-20-17-15-18-21-32/h15,17-22,24,28,34,36-38H,2,13-14,16,23,25-27,29-30H2,1,3-12H3/t34?,36-,37+,38-/m1/s1. The van der Waals surface area contributed by atoms with Crippen molar-refractivity contribution in [3.05, 3.63) is 77.9 Å². The summed E-state index contributed by atoms with van der Waals surface area (Å²) in [4.78, 5) is 0. The molecule has 0 saturated heterocycles. The summed E-state index contributed by atoms with van der Waals surface area (Å²) in [6.07, 6.45) is 9.64. The molecule has 2 aromatic rings. The summed E-state index contributed by atoms with van der Waals surface area (Å²) >= 11 is 0. The van der Waals surface area contributed by atoms with E-state index in [1.165, 1.54) is 36.0 Å². The van der Waals surface area contributed by atoms with E-state index < -0.39 is 16.6 Å². The quantitative estimate of drug-likeness (QED) is 0.103. The van der Waals surface area contributed by atoms with Crippen LogP contribution in [0.2, 0.25) is 36.3 Å². The molecule has 45 heavy (non-hydrogen) atoms. The molecule has 1 fully saturated rings. The number of rotatable bonds is 16. The summed E-state index contributed by atoms with van der Waals surface area (Å²) in [6, 6.07) is 19.1. The fraction of sp³-hybridized carbons (Fsp3) is 0.650. The first-order chi connectivity index (χ1) is 20.9. The lowest BCUT2D eigenvalue weighted by molar-refractivity contribution is 0.0965. The molecule has 1 saturated carbocycles. The van der Waals surface area contributed by atoms with Gasteiger partial charge in [0.2, 0.25) is 0 Å². The molecule has 252 valence electrons. The van der Waals surface area contributed by atoms with Gasteiger partial charge in [-0.1, -0.05) is 122 Å². The fourth-order valence-electron chi connectivity index (χ4n) is 6.10. The molecule has 0 amide bonds. The second-order valence-electron chi connectivity index (χ2n) is 16.7. The van der Waals surface area contributed by atoms with Gasteiger partial charge in [0.15, 0.2) is 16.6 Å². The lowest BCUT2D eigenvalue weighted by atomic mass is 9.83. The Morgan fingerprint density at radius 2 is 1.47 bits per heavy atom. The fourth-order valence-corrected chi connectivity index (χ4v) is 8.89. The van der Waals surface area contributed by atoms with E-state index in [1.54, 1.807) is 0 Å². The van der Waals surface area contributed by atoms with Crippen LogP contribution in [0, 0.1) is 11.8 Å². The van der Waals surface area contributed by atoms with Crippen LogP contribution >= 0.6 is 0 Å². The van der Waals surface area contributed by atoms with Gasteiger partial charge in [-0.15, -0.1) is 0 Å². The Hall–Kier alpha value is -1.67. The van der Waals surface area contributed by atoms with E-state index in [4.69, 9.17) is 13.6 Å². The normalized spacial score (nSPS) is 20.4. The minimum Gasteiger partial charge on any atom is -0.489 e. The second kappa shape index (κ2) is 16.0. The molecule has 4 atom stereocenters. The predicted octanol–water partition coefficient (Wildman–Crippen LogP) is 12.1. The van der Waals surface area contributed by atoms with Crippen molar-refractivity contribution >= 4 is 16.6 Å². The van der Waals surface area contributed by atoms with Gasteiger partial charge in [0.05, 0.1) is 6.10 Å². The van der Waals surface area contributed by atoms with Crippen LogP contribution in [0.4, 0.5) is 0 Å². The maximum atomic E-state index is 7.23. The number of hydrogen-bond acceptors (Lipinski definition) is 3. The molecule has 1 aliphatic rings. The highest BCUT2D eigenvalue weighted by atomic mass is 28.4. The molecule has 0 bridgehead atoms. The molecule has 0 spiro atoms. The maximum absolute atomic E-state index is 7.23. The number of benzene rings is 2. The van der Waals surface area contributed by atoms with Crippen molar-refractivity contribution < 1.29 is 13.6 Å². The van der Waals surface area contributed by atoms with Crippen LogP contribution in [0.1, 0.15) is 105 Å². The monoisotopic (exact) mass is 650 g/mol. The highest BCUT2D eigenvalue weighted by Gasteiger charge is 2.46. The molecule has 0 N–H and O–H groups in total. The van der Waals surface area contributed by atoms with Crippen LogP contribution in [0.25, 0.3) is 0 Å². The maximum Gasteiger partial charge on any atom is 0.192 e. The van der Waals surface area contributed by atoms with Gasteiger partial charge in [-0.25, -0.2) is 0 Å². The minimum atomic E-state index is -1.95. The highest BCUT2D eigenvalue weighted by Crippen LogP contribution is 2.47. The van der Waals surface area contributed by atoms with Crippen LogP contribution in [0.15, 0.2) is 66.7 Å². The van der Waals surface area contributed by atoms with E-state index in [9.17, 15) is 0 Å². The van der Waals surface area contributed by atoms with Crippen LogP contribution < -0.4 is 4.74 Å². The smallest absolute Gasteiger partial charge is 0.192 e. The van der Waals surface area contributed by atoms with Gasteiger partial charge in [-0.05, 0) is 103 Å². The van der Waals surface area contributed by atoms with Gasteiger partial charge in [-0.2, -0.15) is 0 Å². The van der Waals surface area contributed by atoms with Crippen molar-refractivity contribution in [2.45, 2.75) is 155 Å². The lowest BCUT2D eigenvalue weighted by Gasteiger charge is -2.41. The zero-order valence-electron chi connectivity index (χ0n) is 30.8. The average Bonchev–Trinajstić information content (AvgIpc) is 3.22. The molecule has 0 heterocycles. The molecule has 0 aliphatic heterocycles. The Kier molecular flexibility index (Phi) is 13.4. The van der Waals surface area contributed by atoms with Gasteiger partial charge < -0.3 is 13.6 Å². The molecule has 1 aliphatic carbocycles. The van der Waals surface area contributed by atoms with Gasteiger partial charge in [0, 0.05) is 6.10 Å². The average molecular weight is 651 g/mol. The molecule has 5 heteroatoms. The summed E-state index contributed by atoms with van der Waals surface area (Å²) in [5.41, 5.74) is 3.86. The molecule has 3 nitrogen and oxygen atoms in total. The number of ether oxygens (including phenoxy) is 1. The van der Waals surface area contributed by atoms with Crippen molar-refractivity contribution in [2.24, 2.45) is 11.8 Å². The molecular weight excluding hydrogens is 585 g/mol. The minimum absolute atomic E-state index is 0.176. The van der Waals surface area contributed by atoms with Crippen LogP contribution in [0.5, 0.6) is 5.75 Å². The first-order valence-electron chi connectivity index (χ1n) is 17.7. The molecule has 1 unspecified atom stereocenters. The summed E-state index contributed by atoms with van der Waals surface area (Å²) in [5.74, 6) is 1.77. The Labute approximate surface area is 279 Å². The van der Waals surface area contributed by atoms with Crippen molar-refractivity contribution in [2.75, 3.05) is 0 Å². The van der Waals surface area contributed by atoms with E-state index in [1.807, 2.05) is 6.07 Å². The lowest BCUT2D eigenvalue weighted by Crippen LogP contribution is -2.46. The van der Waals surface area contributed by atoms with E-state index in [-0.39, 0.29) is 16.2 Å². The second-order valence-corrected chi connectivity index (χ2v) is 26.3. The number of unbranched alkanes of at least 4 members (excludes halogenated alkanes) is 2. The third kappa shape index (κ3) is 10.9. The van der Waals surface area contributed by atoms with Crippen molar-refractivity contribution in [3.63, 3.8) is 0 Å². The number of hydrogen-bond donors (Lipinski definition) is 0. The molecule has 3 rings (SSSR count). The van der Waals surface area contributed by atoms with E-state index in [2.05, 4.69) is 130 Å². The third-order valence-corrected chi connectivity index (χ3v) is 20.1. The molecular formula is C40H66O3Si2. The highest BCUT2D eigenvalue weighted by molar-refractivity contribution is 6.74. The van der Waals surface area contributed by atoms with Crippen molar-refractivity contribution in [1.82, 2.24) is 0 Å².